The van der Waals surface area contributed by atoms with Gasteiger partial charge in [0.1, 0.15) is 0 Å². The van der Waals surface area contributed by atoms with E-state index in [9.17, 15) is 13.2 Å². The molecule has 7 heteroatoms. The molecule has 0 radical (unpaired) electrons. The van der Waals surface area contributed by atoms with Crippen LogP contribution in [0.4, 0.5) is 0 Å². The molecule has 0 amide bonds. The summed E-state index contributed by atoms with van der Waals surface area (Å²) in [7, 11) is -3.44. The van der Waals surface area contributed by atoms with Crippen molar-refractivity contribution >= 4 is 15.8 Å². The van der Waals surface area contributed by atoms with Gasteiger partial charge in [0.15, 0.2) is 21.3 Å². The Labute approximate surface area is 146 Å². The molecule has 0 fully saturated rings. The van der Waals surface area contributed by atoms with Crippen LogP contribution in [0.15, 0.2) is 41.3 Å². The van der Waals surface area contributed by atoms with Crippen molar-refractivity contribution in [2.75, 3.05) is 12.9 Å². The van der Waals surface area contributed by atoms with Crippen molar-refractivity contribution in [1.29, 1.82) is 5.26 Å². The number of hydrogen-bond acceptors (Lipinski definition) is 6. The van der Waals surface area contributed by atoms with E-state index in [2.05, 4.69) is 0 Å². The molecule has 2 aromatic rings. The highest BCUT2D eigenvalue weighted by molar-refractivity contribution is 7.90. The van der Waals surface area contributed by atoms with Crippen molar-refractivity contribution in [2.45, 2.75) is 18.7 Å². The molecule has 0 atom stereocenters. The summed E-state index contributed by atoms with van der Waals surface area (Å²) in [6, 6.07) is 10.7. The predicted octanol–water partition coefficient (Wildman–Crippen LogP) is 2.89. The smallest absolute Gasteiger partial charge is 0.343 e. The summed E-state index contributed by atoms with van der Waals surface area (Å²) in [4.78, 5) is 12.5. The lowest BCUT2D eigenvalue weighted by atomic mass is 10.1. The third-order valence-corrected chi connectivity index (χ3v) is 4.54. The number of hydrogen-bond donors (Lipinski definition) is 0. The molecule has 0 spiro atoms. The van der Waals surface area contributed by atoms with Crippen LogP contribution in [0.25, 0.3) is 0 Å². The van der Waals surface area contributed by atoms with Gasteiger partial charge in [0.05, 0.1) is 28.7 Å². The van der Waals surface area contributed by atoms with Gasteiger partial charge in [-0.05, 0) is 43.7 Å². The molecule has 0 heterocycles. The third-order valence-electron chi connectivity index (χ3n) is 3.43. The fourth-order valence-corrected chi connectivity index (χ4v) is 2.78. The lowest BCUT2D eigenvalue weighted by Gasteiger charge is -2.12. The maximum absolute atomic E-state index is 12.5. The Morgan fingerprint density at radius 3 is 2.48 bits per heavy atom. The van der Waals surface area contributed by atoms with Crippen LogP contribution in [0.3, 0.4) is 0 Å². The van der Waals surface area contributed by atoms with Crippen LogP contribution in [0.5, 0.6) is 11.5 Å². The number of carbonyl (C=O) groups excluding carboxylic acids is 1. The SMILES string of the molecule is CCOc1cc(C#N)ccc1OC(=O)c1cc(S(C)(=O)=O)ccc1C. The van der Waals surface area contributed by atoms with E-state index in [1.165, 1.54) is 30.3 Å². The number of nitriles is 1. The minimum absolute atomic E-state index is 0.0370. The average molecular weight is 359 g/mol. The second kappa shape index (κ2) is 7.36. The highest BCUT2D eigenvalue weighted by atomic mass is 32.2. The normalized spacial score (nSPS) is 10.8. The number of carbonyl (C=O) groups is 1. The lowest BCUT2D eigenvalue weighted by Crippen LogP contribution is -2.12. The molecule has 25 heavy (non-hydrogen) atoms. The van der Waals surface area contributed by atoms with Gasteiger partial charge >= 0.3 is 5.97 Å². The van der Waals surface area contributed by atoms with E-state index in [1.807, 2.05) is 6.07 Å². The maximum atomic E-state index is 12.5. The van der Waals surface area contributed by atoms with Gasteiger partial charge in [-0.3, -0.25) is 0 Å². The summed E-state index contributed by atoms with van der Waals surface area (Å²) in [5.74, 6) is -0.268. The number of esters is 1. The maximum Gasteiger partial charge on any atom is 0.343 e. The van der Waals surface area contributed by atoms with Gasteiger partial charge in [-0.2, -0.15) is 5.26 Å². The number of benzene rings is 2. The van der Waals surface area contributed by atoms with Crippen LogP contribution in [-0.4, -0.2) is 27.2 Å². The molecular formula is C18H17NO5S. The molecule has 0 saturated heterocycles. The molecule has 6 nitrogen and oxygen atoms in total. The zero-order valence-electron chi connectivity index (χ0n) is 14.1. The highest BCUT2D eigenvalue weighted by Gasteiger charge is 2.18. The minimum atomic E-state index is -3.44. The Kier molecular flexibility index (Phi) is 5.45. The van der Waals surface area contributed by atoms with E-state index < -0.39 is 15.8 Å². The van der Waals surface area contributed by atoms with Crippen LogP contribution in [-0.2, 0) is 9.84 Å². The zero-order chi connectivity index (χ0) is 18.6. The first-order valence-electron chi connectivity index (χ1n) is 7.46. The molecule has 2 aromatic carbocycles. The number of ether oxygens (including phenoxy) is 2. The average Bonchev–Trinajstić information content (AvgIpc) is 2.55. The Morgan fingerprint density at radius 2 is 1.88 bits per heavy atom. The predicted molar refractivity (Wildman–Crippen MR) is 91.6 cm³/mol. The van der Waals surface area contributed by atoms with Crippen molar-refractivity contribution in [2.24, 2.45) is 0 Å². The van der Waals surface area contributed by atoms with Gasteiger partial charge in [-0.1, -0.05) is 6.07 Å². The topological polar surface area (TPSA) is 93.5 Å². The zero-order valence-corrected chi connectivity index (χ0v) is 14.9. The lowest BCUT2D eigenvalue weighted by molar-refractivity contribution is 0.0727. The molecule has 2 rings (SSSR count). The van der Waals surface area contributed by atoms with Crippen molar-refractivity contribution < 1.29 is 22.7 Å². The Morgan fingerprint density at radius 1 is 1.16 bits per heavy atom. The Bertz CT molecular complexity index is 958. The van der Waals surface area contributed by atoms with Gasteiger partial charge in [0.25, 0.3) is 0 Å². The fraction of sp³-hybridized carbons (Fsp3) is 0.222. The Balaban J connectivity index is 2.39. The summed E-state index contributed by atoms with van der Waals surface area (Å²) >= 11 is 0. The fourth-order valence-electron chi connectivity index (χ4n) is 2.14. The molecule has 0 aliphatic heterocycles. The summed E-state index contributed by atoms with van der Waals surface area (Å²) in [6.45, 7) is 3.79. The molecule has 0 bridgehead atoms. The molecular weight excluding hydrogens is 342 g/mol. The van der Waals surface area contributed by atoms with Crippen LogP contribution in [0.1, 0.15) is 28.4 Å². The number of nitrogens with zero attached hydrogens (tertiary/aromatic N) is 1. The quantitative estimate of drug-likeness (QED) is 0.602. The monoisotopic (exact) mass is 359 g/mol. The summed E-state index contributed by atoms with van der Waals surface area (Å²) in [5.41, 5.74) is 1.11. The molecule has 0 aliphatic rings. The van der Waals surface area contributed by atoms with Crippen LogP contribution < -0.4 is 9.47 Å². The molecule has 0 aliphatic carbocycles. The van der Waals surface area contributed by atoms with Crippen molar-refractivity contribution in [1.82, 2.24) is 0 Å². The number of aryl methyl sites for hydroxylation is 1. The van der Waals surface area contributed by atoms with E-state index in [4.69, 9.17) is 14.7 Å². The third kappa shape index (κ3) is 4.37. The Hall–Kier alpha value is -2.85. The van der Waals surface area contributed by atoms with E-state index >= 15 is 0 Å². The number of rotatable bonds is 5. The second-order valence-corrected chi connectivity index (χ2v) is 7.36. The standard InChI is InChI=1S/C18H17NO5S/c1-4-23-17-9-13(11-19)6-8-16(17)24-18(20)15-10-14(25(3,21)22)7-5-12(15)2/h5-10H,4H2,1-3H3. The van der Waals surface area contributed by atoms with Crippen LogP contribution in [0, 0.1) is 18.3 Å². The first kappa shape index (κ1) is 18.5. The van der Waals surface area contributed by atoms with E-state index in [1.54, 1.807) is 19.9 Å². The largest absolute Gasteiger partial charge is 0.490 e. The van der Waals surface area contributed by atoms with Gasteiger partial charge in [-0.25, -0.2) is 13.2 Å². The molecule has 0 N–H and O–H groups in total. The minimum Gasteiger partial charge on any atom is -0.490 e. The molecule has 0 saturated carbocycles. The highest BCUT2D eigenvalue weighted by Crippen LogP contribution is 2.29. The second-order valence-electron chi connectivity index (χ2n) is 5.34. The summed E-state index contributed by atoms with van der Waals surface area (Å²) < 4.78 is 34.1. The van der Waals surface area contributed by atoms with Crippen molar-refractivity contribution in [3.8, 4) is 17.6 Å². The first-order valence-corrected chi connectivity index (χ1v) is 9.35. The molecule has 130 valence electrons. The first-order chi connectivity index (χ1) is 11.8. The van der Waals surface area contributed by atoms with Crippen LogP contribution >= 0.6 is 0 Å². The van der Waals surface area contributed by atoms with Crippen molar-refractivity contribution in [3.05, 3.63) is 53.1 Å². The number of sulfone groups is 1. The van der Waals surface area contributed by atoms with Gasteiger partial charge < -0.3 is 9.47 Å². The van der Waals surface area contributed by atoms with E-state index in [0.717, 1.165) is 6.26 Å². The van der Waals surface area contributed by atoms with E-state index in [0.29, 0.717) is 17.7 Å². The van der Waals surface area contributed by atoms with Crippen LogP contribution in [0.2, 0.25) is 0 Å². The van der Waals surface area contributed by atoms with Gasteiger partial charge in [0, 0.05) is 12.3 Å². The van der Waals surface area contributed by atoms with Gasteiger partial charge in [0.2, 0.25) is 0 Å². The van der Waals surface area contributed by atoms with Gasteiger partial charge in [-0.15, -0.1) is 0 Å². The molecule has 0 aromatic heterocycles. The molecule has 0 unspecified atom stereocenters. The summed E-state index contributed by atoms with van der Waals surface area (Å²) in [5, 5.41) is 8.95. The summed E-state index contributed by atoms with van der Waals surface area (Å²) in [6.07, 6.45) is 1.07. The van der Waals surface area contributed by atoms with E-state index in [-0.39, 0.29) is 22.0 Å². The van der Waals surface area contributed by atoms with Crippen molar-refractivity contribution in [3.63, 3.8) is 0 Å².